The number of carbonyl (C=O) groups excluding carboxylic acids is 1. The number of hydrogen-bond donors (Lipinski definition) is 1. The van der Waals surface area contributed by atoms with Gasteiger partial charge in [-0.2, -0.15) is 0 Å². The van der Waals surface area contributed by atoms with Crippen molar-refractivity contribution in [1.29, 1.82) is 0 Å². The van der Waals surface area contributed by atoms with Crippen LogP contribution in [-0.4, -0.2) is 57.4 Å². The lowest BCUT2D eigenvalue weighted by Gasteiger charge is -2.26. The molecule has 2 aliphatic heterocycles. The van der Waals surface area contributed by atoms with Crippen molar-refractivity contribution in [3.8, 4) is 0 Å². The molecule has 1 unspecified atom stereocenters. The van der Waals surface area contributed by atoms with Gasteiger partial charge < -0.3 is 18.9 Å². The van der Waals surface area contributed by atoms with Crippen LogP contribution < -0.4 is 5.32 Å². The SMILES string of the molecule is O=C(COCC1CCCO1)NC1(C(F)F)OCCO1. The Labute approximate surface area is 109 Å². The summed E-state index contributed by atoms with van der Waals surface area (Å²) < 4.78 is 45.6. The van der Waals surface area contributed by atoms with E-state index in [1.54, 1.807) is 0 Å². The number of alkyl halides is 2. The molecule has 0 radical (unpaired) electrons. The fourth-order valence-corrected chi connectivity index (χ4v) is 1.97. The van der Waals surface area contributed by atoms with Gasteiger partial charge in [-0.3, -0.25) is 10.1 Å². The van der Waals surface area contributed by atoms with Crippen molar-refractivity contribution in [3.05, 3.63) is 0 Å². The first-order valence-corrected chi connectivity index (χ1v) is 6.19. The third-order valence-corrected chi connectivity index (χ3v) is 2.88. The summed E-state index contributed by atoms with van der Waals surface area (Å²) in [5.74, 6) is -3.04. The molecule has 0 spiro atoms. The molecule has 2 aliphatic rings. The quantitative estimate of drug-likeness (QED) is 0.756. The number of amides is 1. The lowest BCUT2D eigenvalue weighted by molar-refractivity contribution is -0.251. The van der Waals surface area contributed by atoms with E-state index in [1.807, 2.05) is 5.32 Å². The van der Waals surface area contributed by atoms with Crippen molar-refractivity contribution in [2.24, 2.45) is 0 Å². The van der Waals surface area contributed by atoms with Crippen LogP contribution in [0.15, 0.2) is 0 Å². The van der Waals surface area contributed by atoms with Crippen LogP contribution in [0.2, 0.25) is 0 Å². The van der Waals surface area contributed by atoms with Crippen LogP contribution in [0, 0.1) is 0 Å². The van der Waals surface area contributed by atoms with Crippen molar-refractivity contribution in [1.82, 2.24) is 5.32 Å². The topological polar surface area (TPSA) is 66.0 Å². The molecule has 0 aromatic carbocycles. The lowest BCUT2D eigenvalue weighted by atomic mass is 10.2. The number of halogens is 2. The molecule has 2 heterocycles. The number of hydrogen-bond acceptors (Lipinski definition) is 5. The van der Waals surface area contributed by atoms with E-state index >= 15 is 0 Å². The highest BCUT2D eigenvalue weighted by Gasteiger charge is 2.47. The van der Waals surface area contributed by atoms with E-state index in [2.05, 4.69) is 0 Å². The summed E-state index contributed by atoms with van der Waals surface area (Å²) in [5, 5.41) is 2.02. The van der Waals surface area contributed by atoms with Gasteiger partial charge in [0.25, 0.3) is 0 Å². The summed E-state index contributed by atoms with van der Waals surface area (Å²) in [5.41, 5.74) is 0. The third-order valence-electron chi connectivity index (χ3n) is 2.88. The minimum atomic E-state index is -2.96. The van der Waals surface area contributed by atoms with Crippen molar-refractivity contribution >= 4 is 5.91 Å². The van der Waals surface area contributed by atoms with E-state index in [0.717, 1.165) is 12.8 Å². The van der Waals surface area contributed by atoms with Gasteiger partial charge in [0.2, 0.25) is 5.91 Å². The van der Waals surface area contributed by atoms with E-state index in [4.69, 9.17) is 18.9 Å². The summed E-state index contributed by atoms with van der Waals surface area (Å²) in [7, 11) is 0. The fourth-order valence-electron chi connectivity index (χ4n) is 1.97. The highest BCUT2D eigenvalue weighted by Crippen LogP contribution is 2.23. The number of carbonyl (C=O) groups is 1. The third kappa shape index (κ3) is 3.82. The molecule has 2 rings (SSSR count). The zero-order chi connectivity index (χ0) is 13.7. The van der Waals surface area contributed by atoms with Gasteiger partial charge >= 0.3 is 12.3 Å². The number of ether oxygens (including phenoxy) is 4. The van der Waals surface area contributed by atoms with Gasteiger partial charge in [0.1, 0.15) is 6.61 Å². The monoisotopic (exact) mass is 281 g/mol. The number of nitrogens with one attached hydrogen (secondary N) is 1. The van der Waals surface area contributed by atoms with E-state index in [1.165, 1.54) is 0 Å². The van der Waals surface area contributed by atoms with Gasteiger partial charge in [0, 0.05) is 6.61 Å². The molecular formula is C11H17F2NO5. The van der Waals surface area contributed by atoms with E-state index in [9.17, 15) is 13.6 Å². The van der Waals surface area contributed by atoms with Crippen molar-refractivity contribution < 1.29 is 32.5 Å². The summed E-state index contributed by atoms with van der Waals surface area (Å²) in [6.45, 7) is 0.664. The predicted octanol–water partition coefficient (Wildman–Crippen LogP) is 0.264. The van der Waals surface area contributed by atoms with Gasteiger partial charge in [-0.05, 0) is 12.8 Å². The maximum absolute atomic E-state index is 12.8. The van der Waals surface area contributed by atoms with Crippen LogP contribution in [0.25, 0.3) is 0 Å². The molecule has 2 saturated heterocycles. The largest absolute Gasteiger partial charge is 0.376 e. The van der Waals surface area contributed by atoms with Gasteiger partial charge in [-0.15, -0.1) is 0 Å². The molecule has 8 heteroatoms. The first-order valence-electron chi connectivity index (χ1n) is 6.19. The molecule has 0 aromatic rings. The Morgan fingerprint density at radius 3 is 2.68 bits per heavy atom. The summed E-state index contributed by atoms with van der Waals surface area (Å²) in [4.78, 5) is 11.5. The Kier molecular flexibility index (Phi) is 5.03. The second-order valence-corrected chi connectivity index (χ2v) is 4.36. The van der Waals surface area contributed by atoms with Gasteiger partial charge in [-0.25, -0.2) is 8.78 Å². The second kappa shape index (κ2) is 6.56. The standard InChI is InChI=1S/C11H17F2NO5/c12-10(13)11(18-4-5-19-11)14-9(15)7-16-6-8-2-1-3-17-8/h8,10H,1-7H2,(H,14,15). The summed E-state index contributed by atoms with van der Waals surface area (Å²) in [6.07, 6.45) is -1.13. The molecule has 2 fully saturated rings. The average molecular weight is 281 g/mol. The minimum Gasteiger partial charge on any atom is -0.376 e. The van der Waals surface area contributed by atoms with Crippen LogP contribution in [0.4, 0.5) is 8.78 Å². The van der Waals surface area contributed by atoms with Gasteiger partial charge in [0.15, 0.2) is 0 Å². The van der Waals surface area contributed by atoms with E-state index < -0.39 is 18.2 Å². The van der Waals surface area contributed by atoms with Gasteiger partial charge in [-0.1, -0.05) is 0 Å². The van der Waals surface area contributed by atoms with Crippen LogP contribution >= 0.6 is 0 Å². The molecule has 0 aliphatic carbocycles. The minimum absolute atomic E-state index is 0.0153. The smallest absolute Gasteiger partial charge is 0.315 e. The highest BCUT2D eigenvalue weighted by atomic mass is 19.3. The fraction of sp³-hybridized carbons (Fsp3) is 0.909. The number of rotatable bonds is 6. The molecule has 0 bridgehead atoms. The Balaban J connectivity index is 1.70. The zero-order valence-corrected chi connectivity index (χ0v) is 10.4. The molecule has 110 valence electrons. The Bertz CT molecular complexity index is 303. The van der Waals surface area contributed by atoms with Crippen LogP contribution in [-0.2, 0) is 23.7 Å². The van der Waals surface area contributed by atoms with Crippen molar-refractivity contribution in [3.63, 3.8) is 0 Å². The zero-order valence-electron chi connectivity index (χ0n) is 10.4. The maximum atomic E-state index is 12.8. The normalized spacial score (nSPS) is 25.9. The predicted molar refractivity (Wildman–Crippen MR) is 58.6 cm³/mol. The summed E-state index contributed by atoms with van der Waals surface area (Å²) in [6, 6.07) is 0. The second-order valence-electron chi connectivity index (χ2n) is 4.36. The Hall–Kier alpha value is -0.830. The summed E-state index contributed by atoms with van der Waals surface area (Å²) >= 11 is 0. The lowest BCUT2D eigenvalue weighted by Crippen LogP contribution is -2.55. The molecule has 0 saturated carbocycles. The Morgan fingerprint density at radius 1 is 1.37 bits per heavy atom. The average Bonchev–Trinajstić information content (AvgIpc) is 3.00. The van der Waals surface area contributed by atoms with Crippen LogP contribution in [0.3, 0.4) is 0 Å². The van der Waals surface area contributed by atoms with Gasteiger partial charge in [0.05, 0.1) is 25.9 Å². The highest BCUT2D eigenvalue weighted by molar-refractivity contribution is 5.77. The first-order chi connectivity index (χ1) is 9.12. The van der Waals surface area contributed by atoms with E-state index in [-0.39, 0.29) is 32.5 Å². The molecular weight excluding hydrogens is 264 g/mol. The molecule has 1 N–H and O–H groups in total. The Morgan fingerprint density at radius 2 is 2.11 bits per heavy atom. The molecule has 1 amide bonds. The maximum Gasteiger partial charge on any atom is 0.315 e. The van der Waals surface area contributed by atoms with Crippen molar-refractivity contribution in [2.45, 2.75) is 31.3 Å². The van der Waals surface area contributed by atoms with Crippen LogP contribution in [0.5, 0.6) is 0 Å². The molecule has 0 aromatic heterocycles. The molecule has 19 heavy (non-hydrogen) atoms. The molecule has 1 atom stereocenters. The van der Waals surface area contributed by atoms with E-state index in [0.29, 0.717) is 6.61 Å². The van der Waals surface area contributed by atoms with Crippen LogP contribution in [0.1, 0.15) is 12.8 Å². The molecule has 6 nitrogen and oxygen atoms in total. The van der Waals surface area contributed by atoms with Crippen molar-refractivity contribution in [2.75, 3.05) is 33.0 Å². The first kappa shape index (κ1) is 14.6.